The monoisotopic (exact) mass is 1500 g/mol. The van der Waals surface area contributed by atoms with Gasteiger partial charge in [0.15, 0.2) is 5.60 Å². The Kier molecular flexibility index (Phi) is 31.1. The molecule has 4 aromatic rings. The quantitative estimate of drug-likeness (QED) is 0.00881. The number of nitrogens with two attached hydrogens (primary N) is 2. The fourth-order valence-electron chi connectivity index (χ4n) is 13.0. The summed E-state index contributed by atoms with van der Waals surface area (Å²) in [5, 5.41) is 36.8. The van der Waals surface area contributed by atoms with Crippen molar-refractivity contribution in [2.75, 3.05) is 97.8 Å². The summed E-state index contributed by atoms with van der Waals surface area (Å²) >= 11 is 0. The number of ether oxygens (including phenoxy) is 8. The molecule has 0 saturated carbocycles. The SMILES string of the molecule is CC[C@@]1(O)C(=O)OCc2c1cc1n(c2=O)Cc2c-1nc1cc(F)c(C)c3c1c2C(NC(=O)COCNC(=O)CNC(=O)OCc1ccc(NC(=O)[C@H](CCCNC(N)=O)NC(=O)[C@@H](NC(=O)CCOCCOCCOCCOCCNC(=O)COC2CCCCCC(NC(C)(C)C)=C2NN)C(C)C)cc1)CC3. The molecule has 586 valence electrons. The van der Waals surface area contributed by atoms with Gasteiger partial charge >= 0.3 is 18.1 Å². The van der Waals surface area contributed by atoms with Crippen LogP contribution in [0.1, 0.15) is 151 Å². The van der Waals surface area contributed by atoms with Crippen LogP contribution >= 0.6 is 0 Å². The zero-order valence-electron chi connectivity index (χ0n) is 61.9. The van der Waals surface area contributed by atoms with Crippen LogP contribution in [0.2, 0.25) is 0 Å². The lowest BCUT2D eigenvalue weighted by molar-refractivity contribution is -0.172. The molecule has 15 N–H and O–H groups in total. The van der Waals surface area contributed by atoms with E-state index < -0.39 is 109 Å². The zero-order valence-corrected chi connectivity index (χ0v) is 61.9. The smallest absolute Gasteiger partial charge is 0.407 e. The second-order valence-electron chi connectivity index (χ2n) is 27.8. The maximum absolute atomic E-state index is 15.4. The Hall–Kier alpha value is -9.42. The first kappa shape index (κ1) is 83.2. The number of hydrogen-bond donors (Lipinski definition) is 13. The highest BCUT2D eigenvalue weighted by Gasteiger charge is 2.46. The number of benzene rings is 2. The molecule has 34 heteroatoms. The minimum atomic E-state index is -2.06. The number of carbonyl (C=O) groups is 9. The van der Waals surface area contributed by atoms with Gasteiger partial charge in [-0.2, -0.15) is 0 Å². The topological polar surface area (TPSA) is 455 Å². The molecule has 4 heterocycles. The van der Waals surface area contributed by atoms with Gasteiger partial charge in [-0.3, -0.25) is 39.4 Å². The van der Waals surface area contributed by atoms with E-state index in [1.54, 1.807) is 58.0 Å². The van der Waals surface area contributed by atoms with E-state index in [2.05, 4.69) is 74.0 Å². The molecule has 9 amide bonds. The minimum Gasteiger partial charge on any atom is -0.458 e. The molecule has 2 aliphatic carbocycles. The van der Waals surface area contributed by atoms with Crippen molar-refractivity contribution < 1.29 is 90.5 Å². The highest BCUT2D eigenvalue weighted by molar-refractivity contribution is 5.99. The number of urea groups is 1. The van der Waals surface area contributed by atoms with Crippen molar-refractivity contribution in [2.45, 2.75) is 174 Å². The Morgan fingerprint density at radius 3 is 2.18 bits per heavy atom. The predicted octanol–water partition coefficient (Wildman–Crippen LogP) is 2.64. The van der Waals surface area contributed by atoms with Crippen molar-refractivity contribution in [1.29, 1.82) is 0 Å². The number of carbonyl (C=O) groups excluding carboxylic acids is 9. The Morgan fingerprint density at radius 2 is 1.50 bits per heavy atom. The molecular formula is C73H103FN14O19. The number of aliphatic hydroxyl groups is 1. The highest BCUT2D eigenvalue weighted by atomic mass is 19.1. The molecule has 2 aliphatic heterocycles. The number of aryl methyl sites for hydroxylation is 1. The largest absolute Gasteiger partial charge is 0.458 e. The number of hydrogen-bond acceptors (Lipinski definition) is 23. The van der Waals surface area contributed by atoms with Crippen LogP contribution in [0.4, 0.5) is 19.7 Å². The number of aromatic nitrogens is 2. The van der Waals surface area contributed by atoms with E-state index >= 15 is 4.39 Å². The molecule has 2 aromatic carbocycles. The van der Waals surface area contributed by atoms with Crippen molar-refractivity contribution in [3.05, 3.63) is 103 Å². The number of fused-ring (bicyclic) bond motifs is 5. The molecule has 107 heavy (non-hydrogen) atoms. The fraction of sp³-hybridized carbons (Fsp3) is 0.575. The Labute approximate surface area is 619 Å². The summed E-state index contributed by atoms with van der Waals surface area (Å²) in [5.74, 6) is 1.03. The van der Waals surface area contributed by atoms with Crippen molar-refractivity contribution in [3.63, 3.8) is 0 Å². The van der Waals surface area contributed by atoms with Gasteiger partial charge in [-0.25, -0.2) is 23.8 Å². The number of halogens is 1. The summed E-state index contributed by atoms with van der Waals surface area (Å²) in [5.41, 5.74) is 11.6. The lowest BCUT2D eigenvalue weighted by atomic mass is 9.81. The summed E-state index contributed by atoms with van der Waals surface area (Å²) in [4.78, 5) is 135. The van der Waals surface area contributed by atoms with Crippen LogP contribution < -0.4 is 70.4 Å². The molecule has 0 saturated heterocycles. The molecule has 0 fully saturated rings. The third-order valence-corrected chi connectivity index (χ3v) is 18.5. The van der Waals surface area contributed by atoms with Crippen LogP contribution in [0, 0.1) is 18.7 Å². The summed E-state index contributed by atoms with van der Waals surface area (Å²) in [6.45, 7) is 13.4. The number of hydrazine groups is 1. The van der Waals surface area contributed by atoms with Crippen LogP contribution in [-0.2, 0) is 103 Å². The molecular weight excluding hydrogens is 1400 g/mol. The standard InChI is InChI=1S/C73H103FN14O19/c1-8-73(99)49-33-55-64-47(36-88(55)68(95)48(49)38-106-69(73)96)62-51(21-20-46-43(4)50(74)34-54(83-64)61(46)62)82-60(92)39-104-41-80-58(90)35-79-71(98)107-37-44-16-18-45(19-17-44)81-66(93)53(14-12-23-78-70(75)97)84-67(94)63(42(2)3)85-57(89)22-25-100-27-29-102-31-32-103-30-28-101-26-24-77-59(91)40-105-56-15-11-9-10-13-52(65(56)87-76)86-72(5,6)7/h16-19,33-34,42,51,53,56,63,86-87,99H,8-15,20-32,35-41,76H2,1-7H3,(H,77,91)(H,79,98)(H,80,90)(H,81,93)(H,82,92)(H,84,94)(H,85,89)(H3,75,78,97)/t51?,53-,56?,63-,73-/m0/s1. The second kappa shape index (κ2) is 40.0. The van der Waals surface area contributed by atoms with E-state index in [4.69, 9.17) is 54.5 Å². The van der Waals surface area contributed by atoms with Gasteiger partial charge in [0.2, 0.25) is 35.4 Å². The van der Waals surface area contributed by atoms with Crippen LogP contribution in [0.3, 0.4) is 0 Å². The first-order valence-electron chi connectivity index (χ1n) is 36.3. The number of anilines is 1. The average molecular weight is 1500 g/mol. The van der Waals surface area contributed by atoms with E-state index in [0.717, 1.165) is 49.1 Å². The predicted molar refractivity (Wildman–Crippen MR) is 387 cm³/mol. The van der Waals surface area contributed by atoms with E-state index in [9.17, 15) is 53.1 Å². The van der Waals surface area contributed by atoms with Gasteiger partial charge in [-0.15, -0.1) is 0 Å². The van der Waals surface area contributed by atoms with Crippen molar-refractivity contribution >= 4 is 70.1 Å². The van der Waals surface area contributed by atoms with Gasteiger partial charge in [0.1, 0.15) is 63.7 Å². The lowest BCUT2D eigenvalue weighted by Gasteiger charge is -2.31. The maximum atomic E-state index is 15.4. The Balaban J connectivity index is 0.684. The van der Waals surface area contributed by atoms with Gasteiger partial charge in [0.25, 0.3) is 5.56 Å². The molecule has 0 bridgehead atoms. The molecule has 8 rings (SSSR count). The van der Waals surface area contributed by atoms with Crippen LogP contribution in [0.15, 0.2) is 52.6 Å². The number of nitrogens with one attached hydrogen (secondary N) is 10. The van der Waals surface area contributed by atoms with E-state index in [-0.39, 0.29) is 107 Å². The normalized spacial score (nSPS) is 17.2. The molecule has 2 unspecified atom stereocenters. The van der Waals surface area contributed by atoms with Crippen LogP contribution in [0.5, 0.6) is 0 Å². The summed E-state index contributed by atoms with van der Waals surface area (Å²) in [6.07, 6.45) is 4.37. The third kappa shape index (κ3) is 23.5. The first-order chi connectivity index (χ1) is 51.2. The highest BCUT2D eigenvalue weighted by Crippen LogP contribution is 2.46. The number of amides is 9. The minimum absolute atomic E-state index is 0.0418. The number of primary amides is 1. The summed E-state index contributed by atoms with van der Waals surface area (Å²) < 4.78 is 61.2. The fourth-order valence-corrected chi connectivity index (χ4v) is 13.0. The van der Waals surface area contributed by atoms with Gasteiger partial charge in [-0.1, -0.05) is 45.7 Å². The van der Waals surface area contributed by atoms with Crippen molar-refractivity contribution in [3.8, 4) is 11.4 Å². The van der Waals surface area contributed by atoms with E-state index in [1.165, 1.54) is 10.6 Å². The van der Waals surface area contributed by atoms with Gasteiger partial charge < -0.3 is 107 Å². The van der Waals surface area contributed by atoms with Crippen LogP contribution in [0.25, 0.3) is 22.3 Å². The second-order valence-corrected chi connectivity index (χ2v) is 27.8. The van der Waals surface area contributed by atoms with E-state index in [1.807, 2.05) is 0 Å². The third-order valence-electron chi connectivity index (χ3n) is 18.5. The van der Waals surface area contributed by atoms with Gasteiger partial charge in [-0.05, 0) is 125 Å². The molecule has 5 atom stereocenters. The van der Waals surface area contributed by atoms with Gasteiger partial charge in [0.05, 0.1) is 93.6 Å². The number of esters is 1. The summed E-state index contributed by atoms with van der Waals surface area (Å²) in [6, 6.07) is 5.56. The molecule has 33 nitrogen and oxygen atoms in total. The number of allylic oxidation sites excluding steroid dienone is 1. The van der Waals surface area contributed by atoms with Gasteiger partial charge in [0, 0.05) is 59.0 Å². The number of alkyl carbamates (subject to hydrolysis) is 1. The number of pyridine rings is 2. The molecule has 2 aromatic heterocycles. The zero-order chi connectivity index (χ0) is 77.4. The Bertz CT molecular complexity index is 3920. The summed E-state index contributed by atoms with van der Waals surface area (Å²) in [7, 11) is 0. The average Bonchev–Trinajstić information content (AvgIpc) is 1.59. The van der Waals surface area contributed by atoms with E-state index in [0.29, 0.717) is 103 Å². The molecule has 0 spiro atoms. The first-order valence-corrected chi connectivity index (χ1v) is 36.3. The maximum Gasteiger partial charge on any atom is 0.407 e. The lowest BCUT2D eigenvalue weighted by Crippen LogP contribution is -2.54. The van der Waals surface area contributed by atoms with Crippen LogP contribution in [-0.4, -0.2) is 184 Å². The molecule has 0 radical (unpaired) electrons. The number of cyclic esters (lactones) is 1. The van der Waals surface area contributed by atoms with Crippen molar-refractivity contribution in [2.24, 2.45) is 17.5 Å². The van der Waals surface area contributed by atoms with Crippen molar-refractivity contribution in [1.82, 2.24) is 57.5 Å². The number of rotatable bonds is 40. The molecule has 4 aliphatic rings. The Morgan fingerprint density at radius 1 is 0.785 bits per heavy atom. The number of nitrogens with zero attached hydrogens (tertiary/aromatic N) is 2.